The number of ether oxygens (including phenoxy) is 2. The first kappa shape index (κ1) is 27.2. The van der Waals surface area contributed by atoms with Crippen LogP contribution in [0.15, 0.2) is 23.2 Å². The van der Waals surface area contributed by atoms with Crippen molar-refractivity contribution in [2.24, 2.45) is 4.99 Å². The number of amides is 1. The summed E-state index contributed by atoms with van der Waals surface area (Å²) >= 11 is 0. The molecule has 0 bridgehead atoms. The zero-order valence-corrected chi connectivity index (χ0v) is 20.6. The van der Waals surface area contributed by atoms with Gasteiger partial charge in [0.15, 0.2) is 17.5 Å². The van der Waals surface area contributed by atoms with Crippen molar-refractivity contribution in [3.8, 4) is 5.75 Å². The molecule has 0 saturated carbocycles. The number of nitrogens with zero attached hydrogens (tertiary/aromatic N) is 1. The molecule has 7 nitrogen and oxygen atoms in total. The van der Waals surface area contributed by atoms with Gasteiger partial charge >= 0.3 is 6.09 Å². The first-order chi connectivity index (χ1) is 13.0. The molecule has 0 aliphatic carbocycles. The van der Waals surface area contributed by atoms with Gasteiger partial charge in [-0.1, -0.05) is 6.07 Å². The van der Waals surface area contributed by atoms with Crippen LogP contribution in [0, 0.1) is 5.82 Å². The predicted octanol–water partition coefficient (Wildman–Crippen LogP) is 3.81. The minimum atomic E-state index is -0.565. The first-order valence-electron chi connectivity index (χ1n) is 9.31. The maximum absolute atomic E-state index is 13.8. The second-order valence-corrected chi connectivity index (χ2v) is 8.03. The van der Waals surface area contributed by atoms with E-state index in [1.165, 1.54) is 13.2 Å². The van der Waals surface area contributed by atoms with E-state index in [4.69, 9.17) is 9.47 Å². The SMILES string of the molecule is CCNC(=NCc1ccc(OC)c(F)c1)NCC(C)(C)NC(=O)OC(C)(C)C.I. The average molecular weight is 524 g/mol. The van der Waals surface area contributed by atoms with Gasteiger partial charge in [0.25, 0.3) is 0 Å². The minimum absolute atomic E-state index is 0. The summed E-state index contributed by atoms with van der Waals surface area (Å²) in [7, 11) is 1.43. The molecule has 0 heterocycles. The maximum atomic E-state index is 13.8. The van der Waals surface area contributed by atoms with Crippen LogP contribution in [-0.4, -0.2) is 43.4 Å². The van der Waals surface area contributed by atoms with Gasteiger partial charge in [-0.05, 0) is 59.2 Å². The number of halogens is 2. The summed E-state index contributed by atoms with van der Waals surface area (Å²) in [6.07, 6.45) is -0.477. The molecule has 1 aromatic rings. The van der Waals surface area contributed by atoms with Crippen LogP contribution in [0.2, 0.25) is 0 Å². The molecule has 1 aromatic carbocycles. The van der Waals surface area contributed by atoms with Crippen molar-refractivity contribution in [1.82, 2.24) is 16.0 Å². The summed E-state index contributed by atoms with van der Waals surface area (Å²) in [6, 6.07) is 4.75. The van der Waals surface area contributed by atoms with E-state index in [0.717, 1.165) is 5.56 Å². The molecule has 0 aliphatic rings. The Bertz CT molecular complexity index is 691. The highest BCUT2D eigenvalue weighted by molar-refractivity contribution is 14.0. The van der Waals surface area contributed by atoms with E-state index in [2.05, 4.69) is 20.9 Å². The van der Waals surface area contributed by atoms with Crippen molar-refractivity contribution in [2.45, 2.75) is 59.2 Å². The van der Waals surface area contributed by atoms with E-state index in [1.807, 2.05) is 41.5 Å². The molecule has 0 aliphatic heterocycles. The average Bonchev–Trinajstić information content (AvgIpc) is 2.55. The highest BCUT2D eigenvalue weighted by Crippen LogP contribution is 2.18. The molecule has 166 valence electrons. The Balaban J connectivity index is 0.00000784. The van der Waals surface area contributed by atoms with Crippen LogP contribution in [0.5, 0.6) is 5.75 Å². The van der Waals surface area contributed by atoms with Crippen LogP contribution < -0.4 is 20.7 Å². The molecule has 0 fully saturated rings. The number of benzene rings is 1. The molecule has 3 N–H and O–H groups in total. The minimum Gasteiger partial charge on any atom is -0.494 e. The van der Waals surface area contributed by atoms with Crippen molar-refractivity contribution < 1.29 is 18.7 Å². The van der Waals surface area contributed by atoms with Crippen molar-refractivity contribution in [3.05, 3.63) is 29.6 Å². The van der Waals surface area contributed by atoms with Gasteiger partial charge in [0.05, 0.1) is 19.2 Å². The summed E-state index contributed by atoms with van der Waals surface area (Å²) in [4.78, 5) is 16.5. The molecular formula is C20H34FIN4O3. The molecule has 1 amide bonds. The van der Waals surface area contributed by atoms with Gasteiger partial charge < -0.3 is 25.4 Å². The highest BCUT2D eigenvalue weighted by Gasteiger charge is 2.24. The standard InChI is InChI=1S/C20H33FN4O3.HI/c1-8-22-17(23-12-14-9-10-16(27-7)15(21)11-14)24-13-20(5,6)25-18(26)28-19(2,3)4;/h9-11H,8,12-13H2,1-7H3,(H,25,26)(H2,22,23,24);1H. The predicted molar refractivity (Wildman–Crippen MR) is 125 cm³/mol. The number of aliphatic imine (C=N–C) groups is 1. The molecule has 9 heteroatoms. The van der Waals surface area contributed by atoms with E-state index in [9.17, 15) is 9.18 Å². The number of hydrogen-bond donors (Lipinski definition) is 3. The summed E-state index contributed by atoms with van der Waals surface area (Å²) in [5, 5.41) is 9.15. The fourth-order valence-corrected chi connectivity index (χ4v) is 2.25. The van der Waals surface area contributed by atoms with Crippen LogP contribution in [0.25, 0.3) is 0 Å². The second kappa shape index (κ2) is 12.0. The van der Waals surface area contributed by atoms with Crippen LogP contribution in [0.1, 0.15) is 47.1 Å². The van der Waals surface area contributed by atoms with Gasteiger partial charge in [0, 0.05) is 13.1 Å². The van der Waals surface area contributed by atoms with Gasteiger partial charge in [0.2, 0.25) is 0 Å². The lowest BCUT2D eigenvalue weighted by Gasteiger charge is -2.29. The Morgan fingerprint density at radius 1 is 1.17 bits per heavy atom. The second-order valence-electron chi connectivity index (χ2n) is 8.03. The molecule has 0 unspecified atom stereocenters. The number of carbonyl (C=O) groups is 1. The fourth-order valence-electron chi connectivity index (χ4n) is 2.25. The third-order valence-electron chi connectivity index (χ3n) is 3.52. The van der Waals surface area contributed by atoms with E-state index >= 15 is 0 Å². The normalized spacial score (nSPS) is 11.9. The number of nitrogens with one attached hydrogen (secondary N) is 3. The van der Waals surface area contributed by atoms with E-state index in [0.29, 0.717) is 25.6 Å². The fraction of sp³-hybridized carbons (Fsp3) is 0.600. The van der Waals surface area contributed by atoms with Crippen molar-refractivity contribution >= 4 is 36.0 Å². The third-order valence-corrected chi connectivity index (χ3v) is 3.52. The third kappa shape index (κ3) is 11.1. The molecule has 0 saturated heterocycles. The lowest BCUT2D eigenvalue weighted by molar-refractivity contribution is 0.0474. The molecular weight excluding hydrogens is 490 g/mol. The largest absolute Gasteiger partial charge is 0.494 e. The van der Waals surface area contributed by atoms with Crippen LogP contribution in [0.3, 0.4) is 0 Å². The summed E-state index contributed by atoms with van der Waals surface area (Å²) in [5.74, 6) is 0.348. The van der Waals surface area contributed by atoms with Gasteiger partial charge in [0.1, 0.15) is 5.60 Å². The lowest BCUT2D eigenvalue weighted by Crippen LogP contribution is -2.54. The number of methoxy groups -OCH3 is 1. The Morgan fingerprint density at radius 2 is 1.83 bits per heavy atom. The highest BCUT2D eigenvalue weighted by atomic mass is 127. The first-order valence-corrected chi connectivity index (χ1v) is 9.31. The number of hydrogen-bond acceptors (Lipinski definition) is 4. The molecule has 0 aromatic heterocycles. The quantitative estimate of drug-likeness (QED) is 0.287. The lowest BCUT2D eigenvalue weighted by atomic mass is 10.1. The zero-order valence-electron chi connectivity index (χ0n) is 18.3. The van der Waals surface area contributed by atoms with Gasteiger partial charge in [-0.25, -0.2) is 14.2 Å². The van der Waals surface area contributed by atoms with Gasteiger partial charge in [-0.15, -0.1) is 24.0 Å². The van der Waals surface area contributed by atoms with Crippen molar-refractivity contribution in [1.29, 1.82) is 0 Å². The number of carbonyl (C=O) groups excluding carboxylic acids is 1. The van der Waals surface area contributed by atoms with Gasteiger partial charge in [-0.2, -0.15) is 0 Å². The number of rotatable bonds is 7. The molecule has 29 heavy (non-hydrogen) atoms. The Hall–Kier alpha value is -1.78. The number of guanidine groups is 1. The Labute approximate surface area is 190 Å². The molecule has 0 atom stereocenters. The summed E-state index contributed by atoms with van der Waals surface area (Å²) in [6.45, 7) is 12.6. The summed E-state index contributed by atoms with van der Waals surface area (Å²) < 4.78 is 24.0. The van der Waals surface area contributed by atoms with Crippen LogP contribution in [-0.2, 0) is 11.3 Å². The Morgan fingerprint density at radius 3 is 2.34 bits per heavy atom. The zero-order chi connectivity index (χ0) is 21.4. The molecule has 0 radical (unpaired) electrons. The maximum Gasteiger partial charge on any atom is 0.408 e. The van der Waals surface area contributed by atoms with E-state index in [-0.39, 0.29) is 29.7 Å². The smallest absolute Gasteiger partial charge is 0.408 e. The van der Waals surface area contributed by atoms with Crippen molar-refractivity contribution in [3.63, 3.8) is 0 Å². The molecule has 0 spiro atoms. The Kier molecular flexibility index (Phi) is 11.3. The number of alkyl carbamates (subject to hydrolysis) is 1. The van der Waals surface area contributed by atoms with Crippen LogP contribution in [0.4, 0.5) is 9.18 Å². The van der Waals surface area contributed by atoms with E-state index in [1.54, 1.807) is 12.1 Å². The van der Waals surface area contributed by atoms with Gasteiger partial charge in [-0.3, -0.25) is 0 Å². The monoisotopic (exact) mass is 524 g/mol. The molecule has 1 rings (SSSR count). The summed E-state index contributed by atoms with van der Waals surface area (Å²) in [5.41, 5.74) is -0.399. The van der Waals surface area contributed by atoms with Crippen LogP contribution >= 0.6 is 24.0 Å². The van der Waals surface area contributed by atoms with Crippen molar-refractivity contribution in [2.75, 3.05) is 20.2 Å². The van der Waals surface area contributed by atoms with E-state index < -0.39 is 23.1 Å². The topological polar surface area (TPSA) is 84.0 Å².